The van der Waals surface area contributed by atoms with E-state index in [1.54, 1.807) is 11.1 Å². The van der Waals surface area contributed by atoms with Gasteiger partial charge in [0.15, 0.2) is 5.60 Å². The fourth-order valence-electron chi connectivity index (χ4n) is 7.09. The van der Waals surface area contributed by atoms with E-state index in [1.807, 2.05) is 30.3 Å². The van der Waals surface area contributed by atoms with Crippen LogP contribution in [-0.4, -0.2) is 41.6 Å². The van der Waals surface area contributed by atoms with Gasteiger partial charge in [0.1, 0.15) is 0 Å². The molecule has 34 heavy (non-hydrogen) atoms. The summed E-state index contributed by atoms with van der Waals surface area (Å²) in [6.45, 7) is 3.23. The zero-order chi connectivity index (χ0) is 23.1. The second-order valence-corrected chi connectivity index (χ2v) is 11.3. The van der Waals surface area contributed by atoms with Crippen molar-refractivity contribution >= 4 is 5.91 Å². The lowest BCUT2D eigenvalue weighted by Crippen LogP contribution is -2.51. The van der Waals surface area contributed by atoms with Gasteiger partial charge < -0.3 is 15.3 Å². The van der Waals surface area contributed by atoms with E-state index in [4.69, 9.17) is 0 Å². The molecule has 2 saturated carbocycles. The summed E-state index contributed by atoms with van der Waals surface area (Å²) in [6.07, 6.45) is 10.3. The van der Waals surface area contributed by atoms with Gasteiger partial charge in [-0.15, -0.1) is 0 Å². The molecule has 4 heteroatoms. The van der Waals surface area contributed by atoms with E-state index in [0.717, 1.165) is 57.3 Å². The van der Waals surface area contributed by atoms with Crippen molar-refractivity contribution in [2.75, 3.05) is 19.6 Å². The molecule has 1 heterocycles. The third-order valence-corrected chi connectivity index (χ3v) is 9.20. The Labute approximate surface area is 203 Å². The third-order valence-electron chi connectivity index (χ3n) is 9.20. The molecule has 0 spiro atoms. The average Bonchev–Trinajstić information content (AvgIpc) is 3.28. The lowest BCUT2D eigenvalue weighted by molar-refractivity contribution is -0.147. The number of fused-ring (bicyclic) bond motifs is 2. The molecule has 6 rings (SSSR count). The Kier molecular flexibility index (Phi) is 5.99. The summed E-state index contributed by atoms with van der Waals surface area (Å²) in [5.41, 5.74) is 3.95. The quantitative estimate of drug-likeness (QED) is 0.653. The largest absolute Gasteiger partial charge is 0.375 e. The summed E-state index contributed by atoms with van der Waals surface area (Å²) < 4.78 is 0. The second-order valence-electron chi connectivity index (χ2n) is 11.3. The maximum Gasteiger partial charge on any atom is 0.257 e. The monoisotopic (exact) mass is 458 g/mol. The number of aliphatic hydroxyl groups is 1. The van der Waals surface area contributed by atoms with Crippen molar-refractivity contribution in [3.05, 3.63) is 70.8 Å². The van der Waals surface area contributed by atoms with Crippen LogP contribution in [0.3, 0.4) is 0 Å². The summed E-state index contributed by atoms with van der Waals surface area (Å²) >= 11 is 0. The number of aryl methyl sites for hydroxylation is 2. The second kappa shape index (κ2) is 9.13. The lowest BCUT2D eigenvalue weighted by Gasteiger charge is -2.33. The first-order valence-electron chi connectivity index (χ1n) is 13.5. The number of hydrogen-bond acceptors (Lipinski definition) is 3. The Balaban J connectivity index is 1.04. The number of carbonyl (C=O) groups is 1. The highest BCUT2D eigenvalue weighted by molar-refractivity contribution is 5.87. The topological polar surface area (TPSA) is 52.6 Å². The number of hydrogen-bond donors (Lipinski definition) is 2. The summed E-state index contributed by atoms with van der Waals surface area (Å²) in [4.78, 5) is 16.0. The van der Waals surface area contributed by atoms with Gasteiger partial charge in [-0.2, -0.15) is 0 Å². The van der Waals surface area contributed by atoms with Gasteiger partial charge in [0.2, 0.25) is 0 Å². The number of rotatable bonds is 7. The number of likely N-dealkylation sites (tertiary alicyclic amines) is 1. The molecule has 0 aromatic heterocycles. The Morgan fingerprint density at radius 2 is 1.65 bits per heavy atom. The van der Waals surface area contributed by atoms with E-state index in [1.165, 1.54) is 31.2 Å². The van der Waals surface area contributed by atoms with Crippen molar-refractivity contribution in [3.63, 3.8) is 0 Å². The fourth-order valence-corrected chi connectivity index (χ4v) is 7.09. The first-order valence-corrected chi connectivity index (χ1v) is 13.5. The van der Waals surface area contributed by atoms with E-state index in [0.29, 0.717) is 11.8 Å². The van der Waals surface area contributed by atoms with Crippen LogP contribution in [0.4, 0.5) is 0 Å². The number of piperidine rings is 1. The highest BCUT2D eigenvalue weighted by Crippen LogP contribution is 2.47. The summed E-state index contributed by atoms with van der Waals surface area (Å²) in [7, 11) is 0. The summed E-state index contributed by atoms with van der Waals surface area (Å²) in [6, 6.07) is 17.0. The normalized spacial score (nSPS) is 28.2. The van der Waals surface area contributed by atoms with Crippen LogP contribution in [0.2, 0.25) is 0 Å². The molecule has 1 aliphatic heterocycles. The predicted octanol–water partition coefficient (Wildman–Crippen LogP) is 4.23. The van der Waals surface area contributed by atoms with E-state index >= 15 is 0 Å². The third kappa shape index (κ3) is 4.09. The fraction of sp³-hybridized carbons (Fsp3) is 0.567. The molecule has 180 valence electrons. The summed E-state index contributed by atoms with van der Waals surface area (Å²) in [5.74, 6) is 0.916. The minimum absolute atomic E-state index is 0.0154. The molecular formula is C30H38N2O2. The van der Waals surface area contributed by atoms with Crippen molar-refractivity contribution in [1.82, 2.24) is 10.2 Å². The number of nitrogens with one attached hydrogen (secondary N) is 1. The van der Waals surface area contributed by atoms with Gasteiger partial charge >= 0.3 is 0 Å². The lowest BCUT2D eigenvalue weighted by atomic mass is 9.79. The Morgan fingerprint density at radius 1 is 0.941 bits per heavy atom. The molecule has 3 atom stereocenters. The van der Waals surface area contributed by atoms with E-state index in [-0.39, 0.29) is 17.9 Å². The van der Waals surface area contributed by atoms with Crippen LogP contribution >= 0.6 is 0 Å². The predicted molar refractivity (Wildman–Crippen MR) is 134 cm³/mol. The Hall–Kier alpha value is -2.17. The van der Waals surface area contributed by atoms with Gasteiger partial charge in [-0.05, 0) is 79.0 Å². The minimum Gasteiger partial charge on any atom is -0.375 e. The number of carbonyl (C=O) groups excluding carboxylic acids is 1. The first-order chi connectivity index (χ1) is 16.6. The van der Waals surface area contributed by atoms with Gasteiger partial charge in [0, 0.05) is 31.6 Å². The maximum atomic E-state index is 13.5. The minimum atomic E-state index is -1.40. The molecule has 2 aromatic rings. The van der Waals surface area contributed by atoms with Gasteiger partial charge in [-0.3, -0.25) is 4.79 Å². The van der Waals surface area contributed by atoms with Crippen LogP contribution in [0.15, 0.2) is 48.5 Å². The molecule has 0 bridgehead atoms. The first kappa shape index (κ1) is 22.3. The Morgan fingerprint density at radius 3 is 2.38 bits per heavy atom. The highest BCUT2D eigenvalue weighted by atomic mass is 16.3. The SMILES string of the molecule is O=C(NC1C2CN(CCc3ccc4c(c3)CCCC4)CC21)C(O)(c1ccccc1)C1CCCC1. The van der Waals surface area contributed by atoms with E-state index in [2.05, 4.69) is 28.4 Å². The zero-order valence-electron chi connectivity index (χ0n) is 20.2. The van der Waals surface area contributed by atoms with Crippen LogP contribution in [0, 0.1) is 17.8 Å². The van der Waals surface area contributed by atoms with Gasteiger partial charge in [-0.1, -0.05) is 61.4 Å². The van der Waals surface area contributed by atoms with Gasteiger partial charge in [-0.25, -0.2) is 0 Å². The van der Waals surface area contributed by atoms with Crippen molar-refractivity contribution in [2.24, 2.45) is 17.8 Å². The van der Waals surface area contributed by atoms with E-state index < -0.39 is 5.60 Å². The molecule has 1 saturated heterocycles. The van der Waals surface area contributed by atoms with Gasteiger partial charge in [0.25, 0.3) is 5.91 Å². The average molecular weight is 459 g/mol. The molecule has 2 aromatic carbocycles. The summed E-state index contributed by atoms with van der Waals surface area (Å²) in [5, 5.41) is 15.0. The van der Waals surface area contributed by atoms with Crippen LogP contribution in [0.5, 0.6) is 0 Å². The smallest absolute Gasteiger partial charge is 0.257 e. The van der Waals surface area contributed by atoms with E-state index in [9.17, 15) is 9.90 Å². The molecule has 4 aliphatic rings. The number of nitrogens with zero attached hydrogens (tertiary/aromatic N) is 1. The molecule has 4 nitrogen and oxygen atoms in total. The van der Waals surface area contributed by atoms with Crippen LogP contribution in [0.1, 0.15) is 60.8 Å². The van der Waals surface area contributed by atoms with Crippen molar-refractivity contribution in [1.29, 1.82) is 0 Å². The zero-order valence-corrected chi connectivity index (χ0v) is 20.2. The van der Waals surface area contributed by atoms with Crippen LogP contribution in [0.25, 0.3) is 0 Å². The molecule has 3 unspecified atom stereocenters. The molecule has 2 N–H and O–H groups in total. The molecule has 3 aliphatic carbocycles. The molecular weight excluding hydrogens is 420 g/mol. The van der Waals surface area contributed by atoms with Gasteiger partial charge in [0.05, 0.1) is 0 Å². The molecule has 3 fully saturated rings. The van der Waals surface area contributed by atoms with Crippen LogP contribution < -0.4 is 5.32 Å². The standard InChI is InChI=1S/C30H38N2O2/c33-29(30(34,25-12-6-7-13-25)24-10-2-1-3-11-24)31-28-26-19-32(20-27(26)28)17-16-21-14-15-22-8-4-5-9-23(22)18-21/h1-3,10-11,14-15,18,25-28,34H,4-9,12-13,16-17,19-20H2,(H,31,33). The highest BCUT2D eigenvalue weighted by Gasteiger charge is 2.58. The van der Waals surface area contributed by atoms with Crippen molar-refractivity contribution in [2.45, 2.75) is 69.4 Å². The van der Waals surface area contributed by atoms with Crippen molar-refractivity contribution < 1.29 is 9.90 Å². The molecule has 0 radical (unpaired) electrons. The number of benzene rings is 2. The number of amides is 1. The van der Waals surface area contributed by atoms with Crippen molar-refractivity contribution in [3.8, 4) is 0 Å². The molecule has 1 amide bonds. The van der Waals surface area contributed by atoms with Crippen LogP contribution in [-0.2, 0) is 29.7 Å². The maximum absolute atomic E-state index is 13.5. The Bertz CT molecular complexity index is 1020.